The van der Waals surface area contributed by atoms with E-state index < -0.39 is 0 Å². The van der Waals surface area contributed by atoms with Gasteiger partial charge in [0.25, 0.3) is 0 Å². The first-order chi connectivity index (χ1) is 13.6. The molecule has 1 saturated heterocycles. The van der Waals surface area contributed by atoms with Crippen LogP contribution in [-0.4, -0.2) is 59.0 Å². The molecule has 4 rings (SSSR count). The monoisotopic (exact) mass is 378 g/mol. The highest BCUT2D eigenvalue weighted by atomic mass is 16.5. The van der Waals surface area contributed by atoms with Crippen molar-refractivity contribution in [2.24, 2.45) is 0 Å². The van der Waals surface area contributed by atoms with Crippen LogP contribution in [-0.2, 0) is 17.8 Å². The van der Waals surface area contributed by atoms with Crippen molar-refractivity contribution in [2.75, 3.05) is 33.3 Å². The first kappa shape index (κ1) is 18.5. The number of benzene rings is 2. The quantitative estimate of drug-likeness (QED) is 0.742. The molecule has 0 saturated carbocycles. The number of carbonyl (C=O) groups excluding carboxylic acids is 1. The molecular weight excluding hydrogens is 352 g/mol. The van der Waals surface area contributed by atoms with Gasteiger partial charge in [0.15, 0.2) is 0 Å². The highest BCUT2D eigenvalue weighted by Crippen LogP contribution is 2.19. The number of nitrogens with zero attached hydrogens (tertiary/aromatic N) is 3. The fourth-order valence-corrected chi connectivity index (χ4v) is 3.72. The van der Waals surface area contributed by atoms with Crippen molar-refractivity contribution < 1.29 is 9.53 Å². The average molecular weight is 378 g/mol. The number of hydrogen-bond acceptors (Lipinski definition) is 4. The Morgan fingerprint density at radius 1 is 1.14 bits per heavy atom. The lowest BCUT2D eigenvalue weighted by Gasteiger charge is -2.34. The zero-order valence-electron chi connectivity index (χ0n) is 16.4. The highest BCUT2D eigenvalue weighted by molar-refractivity contribution is 5.79. The van der Waals surface area contributed by atoms with Crippen molar-refractivity contribution in [3.8, 4) is 5.75 Å². The van der Waals surface area contributed by atoms with Crippen molar-refractivity contribution in [1.82, 2.24) is 19.8 Å². The molecule has 1 amide bonds. The molecule has 1 aliphatic rings. The normalized spacial score (nSPS) is 15.1. The van der Waals surface area contributed by atoms with Crippen molar-refractivity contribution in [3.63, 3.8) is 0 Å². The molecule has 0 atom stereocenters. The minimum absolute atomic E-state index is 0.209. The number of rotatable bonds is 5. The molecule has 0 radical (unpaired) electrons. The first-order valence-corrected chi connectivity index (χ1v) is 9.69. The van der Waals surface area contributed by atoms with E-state index in [4.69, 9.17) is 4.74 Å². The Labute approximate surface area is 165 Å². The van der Waals surface area contributed by atoms with E-state index >= 15 is 0 Å². The van der Waals surface area contributed by atoms with Gasteiger partial charge in [0.1, 0.15) is 11.6 Å². The van der Waals surface area contributed by atoms with Gasteiger partial charge in [-0.25, -0.2) is 4.98 Å². The molecule has 0 spiro atoms. The standard InChI is InChI=1S/C22H26N4O2/c1-16-4-3-5-17(12-16)13-22(27)26-10-8-25(9-11-26)15-21-23-19-7-6-18(28-2)14-20(19)24-21/h3-7,12,14H,8-11,13,15H2,1-2H3,(H,23,24). The van der Waals surface area contributed by atoms with E-state index in [2.05, 4.69) is 33.9 Å². The molecule has 28 heavy (non-hydrogen) atoms. The summed E-state index contributed by atoms with van der Waals surface area (Å²) in [7, 11) is 1.66. The number of fused-ring (bicyclic) bond motifs is 1. The molecule has 2 aromatic carbocycles. The van der Waals surface area contributed by atoms with Crippen molar-refractivity contribution in [1.29, 1.82) is 0 Å². The SMILES string of the molecule is COc1ccc2nc(CN3CCN(C(=O)Cc4cccc(C)c4)CC3)[nH]c2c1. The molecule has 6 nitrogen and oxygen atoms in total. The van der Waals surface area contributed by atoms with Gasteiger partial charge in [0.2, 0.25) is 5.91 Å². The Morgan fingerprint density at radius 2 is 1.96 bits per heavy atom. The summed E-state index contributed by atoms with van der Waals surface area (Å²) in [6.07, 6.45) is 0.479. The maximum atomic E-state index is 12.6. The number of H-pyrrole nitrogens is 1. The number of ether oxygens (including phenoxy) is 1. The topological polar surface area (TPSA) is 61.5 Å². The predicted octanol–water partition coefficient (Wildman–Crippen LogP) is 2.77. The van der Waals surface area contributed by atoms with Gasteiger partial charge in [-0.05, 0) is 24.6 Å². The van der Waals surface area contributed by atoms with E-state index in [-0.39, 0.29) is 5.91 Å². The minimum atomic E-state index is 0.209. The molecule has 0 aliphatic carbocycles. The maximum absolute atomic E-state index is 12.6. The van der Waals surface area contributed by atoms with Gasteiger partial charge in [-0.3, -0.25) is 9.69 Å². The number of aryl methyl sites for hydroxylation is 1. The molecule has 146 valence electrons. The third kappa shape index (κ3) is 4.17. The molecule has 1 aromatic heterocycles. The highest BCUT2D eigenvalue weighted by Gasteiger charge is 2.22. The van der Waals surface area contributed by atoms with Crippen molar-refractivity contribution in [3.05, 3.63) is 59.4 Å². The Balaban J connectivity index is 1.32. The summed E-state index contributed by atoms with van der Waals surface area (Å²) in [5.74, 6) is 1.98. The second-order valence-electron chi connectivity index (χ2n) is 7.39. The first-order valence-electron chi connectivity index (χ1n) is 9.69. The summed E-state index contributed by atoms with van der Waals surface area (Å²) >= 11 is 0. The number of amides is 1. The van der Waals surface area contributed by atoms with Crippen LogP contribution >= 0.6 is 0 Å². The van der Waals surface area contributed by atoms with Crippen LogP contribution in [0.1, 0.15) is 17.0 Å². The fourth-order valence-electron chi connectivity index (χ4n) is 3.72. The second kappa shape index (κ2) is 8.02. The number of nitrogens with one attached hydrogen (secondary N) is 1. The van der Waals surface area contributed by atoms with Crippen LogP contribution in [0.2, 0.25) is 0 Å². The van der Waals surface area contributed by atoms with Gasteiger partial charge >= 0.3 is 0 Å². The van der Waals surface area contributed by atoms with E-state index in [1.807, 2.05) is 35.2 Å². The minimum Gasteiger partial charge on any atom is -0.497 e. The van der Waals surface area contributed by atoms with Crippen LogP contribution in [0, 0.1) is 6.92 Å². The molecule has 1 aliphatic heterocycles. The summed E-state index contributed by atoms with van der Waals surface area (Å²) < 4.78 is 5.27. The third-order valence-electron chi connectivity index (χ3n) is 5.27. The van der Waals surface area contributed by atoms with Gasteiger partial charge in [-0.1, -0.05) is 29.8 Å². The Morgan fingerprint density at radius 3 is 2.71 bits per heavy atom. The van der Waals surface area contributed by atoms with Gasteiger partial charge in [-0.2, -0.15) is 0 Å². The Hall–Kier alpha value is -2.86. The molecule has 3 aromatic rings. The van der Waals surface area contributed by atoms with Crippen LogP contribution in [0.25, 0.3) is 11.0 Å². The second-order valence-corrected chi connectivity index (χ2v) is 7.39. The zero-order valence-corrected chi connectivity index (χ0v) is 16.4. The van der Waals surface area contributed by atoms with Crippen LogP contribution in [0.15, 0.2) is 42.5 Å². The summed E-state index contributed by atoms with van der Waals surface area (Å²) in [4.78, 5) is 25.0. The lowest BCUT2D eigenvalue weighted by atomic mass is 10.1. The Bertz CT molecular complexity index is 974. The van der Waals surface area contributed by atoms with Crippen molar-refractivity contribution in [2.45, 2.75) is 19.9 Å². The number of piperazine rings is 1. The van der Waals surface area contributed by atoms with Crippen LogP contribution in [0.4, 0.5) is 0 Å². The summed E-state index contributed by atoms with van der Waals surface area (Å²) in [5.41, 5.74) is 4.22. The predicted molar refractivity (Wildman–Crippen MR) is 109 cm³/mol. The van der Waals surface area contributed by atoms with Crippen LogP contribution in [0.3, 0.4) is 0 Å². The molecule has 0 bridgehead atoms. The number of methoxy groups -OCH3 is 1. The zero-order chi connectivity index (χ0) is 19.5. The average Bonchev–Trinajstić information content (AvgIpc) is 3.09. The van der Waals surface area contributed by atoms with E-state index in [0.717, 1.165) is 60.9 Å². The summed E-state index contributed by atoms with van der Waals surface area (Å²) in [5, 5.41) is 0. The summed E-state index contributed by atoms with van der Waals surface area (Å²) in [6.45, 7) is 6.06. The summed E-state index contributed by atoms with van der Waals surface area (Å²) in [6, 6.07) is 14.0. The van der Waals surface area contributed by atoms with Gasteiger partial charge < -0.3 is 14.6 Å². The largest absolute Gasteiger partial charge is 0.497 e. The van der Waals surface area contributed by atoms with Crippen LogP contribution < -0.4 is 4.74 Å². The fraction of sp³-hybridized carbons (Fsp3) is 0.364. The van der Waals surface area contributed by atoms with Crippen molar-refractivity contribution >= 4 is 16.9 Å². The number of aromatic nitrogens is 2. The number of aromatic amines is 1. The van der Waals surface area contributed by atoms with E-state index in [1.165, 1.54) is 5.56 Å². The van der Waals surface area contributed by atoms with Crippen LogP contribution in [0.5, 0.6) is 5.75 Å². The lowest BCUT2D eigenvalue weighted by molar-refractivity contribution is -0.132. The van der Waals surface area contributed by atoms with Gasteiger partial charge in [-0.15, -0.1) is 0 Å². The molecular formula is C22H26N4O2. The molecule has 6 heteroatoms. The molecule has 0 unspecified atom stereocenters. The lowest BCUT2D eigenvalue weighted by Crippen LogP contribution is -2.48. The van der Waals surface area contributed by atoms with E-state index in [1.54, 1.807) is 7.11 Å². The van der Waals surface area contributed by atoms with Gasteiger partial charge in [0, 0.05) is 32.2 Å². The van der Waals surface area contributed by atoms with E-state index in [0.29, 0.717) is 6.42 Å². The molecule has 2 heterocycles. The molecule has 1 N–H and O–H groups in total. The molecule has 1 fully saturated rings. The number of carbonyl (C=O) groups is 1. The maximum Gasteiger partial charge on any atom is 0.227 e. The van der Waals surface area contributed by atoms with Gasteiger partial charge in [0.05, 0.1) is 31.1 Å². The van der Waals surface area contributed by atoms with E-state index in [9.17, 15) is 4.79 Å². The number of imidazole rings is 1. The Kier molecular flexibility index (Phi) is 5.30. The number of hydrogen-bond donors (Lipinski definition) is 1. The smallest absolute Gasteiger partial charge is 0.227 e. The third-order valence-corrected chi connectivity index (χ3v) is 5.27.